The van der Waals surface area contributed by atoms with E-state index in [-0.39, 0.29) is 11.9 Å². The first kappa shape index (κ1) is 13.9. The van der Waals surface area contributed by atoms with Crippen molar-refractivity contribution in [3.05, 3.63) is 34.1 Å². The van der Waals surface area contributed by atoms with Crippen LogP contribution in [0.5, 0.6) is 0 Å². The van der Waals surface area contributed by atoms with E-state index in [2.05, 4.69) is 26.4 Å². The van der Waals surface area contributed by atoms with Crippen LogP contribution < -0.4 is 11.2 Å². The van der Waals surface area contributed by atoms with Crippen LogP contribution in [-0.2, 0) is 4.74 Å². The van der Waals surface area contributed by atoms with Crippen LogP contribution in [0.4, 0.5) is 4.39 Å². The van der Waals surface area contributed by atoms with Crippen LogP contribution in [0.25, 0.3) is 0 Å². The highest BCUT2D eigenvalue weighted by molar-refractivity contribution is 9.10. The molecule has 1 aromatic rings. The quantitative estimate of drug-likeness (QED) is 0.882. The summed E-state index contributed by atoms with van der Waals surface area (Å²) in [5.41, 5.74) is 10.1. The van der Waals surface area contributed by atoms with E-state index in [9.17, 15) is 4.39 Å². The van der Waals surface area contributed by atoms with Crippen molar-refractivity contribution in [2.24, 2.45) is 5.73 Å². The number of rotatable bonds is 4. The van der Waals surface area contributed by atoms with Crippen LogP contribution in [0.1, 0.15) is 11.6 Å². The third kappa shape index (κ3) is 3.49. The summed E-state index contributed by atoms with van der Waals surface area (Å²) < 4.78 is 19.1. The summed E-state index contributed by atoms with van der Waals surface area (Å²) in [7, 11) is 0. The summed E-state index contributed by atoms with van der Waals surface area (Å²) in [5, 5.41) is 2.09. The van der Waals surface area contributed by atoms with Gasteiger partial charge >= 0.3 is 0 Å². The first-order valence-electron chi connectivity index (χ1n) is 5.94. The van der Waals surface area contributed by atoms with Crippen molar-refractivity contribution in [3.8, 4) is 0 Å². The number of ether oxygens (including phenoxy) is 1. The minimum Gasteiger partial charge on any atom is -0.379 e. The first-order valence-corrected chi connectivity index (χ1v) is 6.74. The summed E-state index contributed by atoms with van der Waals surface area (Å²) >= 11 is 3.37. The minimum atomic E-state index is -0.257. The van der Waals surface area contributed by atoms with Crippen molar-refractivity contribution in [2.75, 3.05) is 32.8 Å². The van der Waals surface area contributed by atoms with Gasteiger partial charge in [0.2, 0.25) is 0 Å². The van der Waals surface area contributed by atoms with E-state index in [1.807, 2.05) is 0 Å². The van der Waals surface area contributed by atoms with Crippen LogP contribution in [0.15, 0.2) is 22.7 Å². The molecule has 3 N–H and O–H groups in total. The molecule has 1 atom stereocenters. The Morgan fingerprint density at radius 1 is 1.44 bits per heavy atom. The van der Waals surface area contributed by atoms with Gasteiger partial charge in [-0.15, -0.1) is 0 Å². The predicted octanol–water partition coefficient (Wildman–Crippen LogP) is 1.42. The van der Waals surface area contributed by atoms with Gasteiger partial charge in [0.1, 0.15) is 5.82 Å². The fourth-order valence-electron chi connectivity index (χ4n) is 1.95. The van der Waals surface area contributed by atoms with Gasteiger partial charge in [-0.3, -0.25) is 0 Å². The molecule has 0 bridgehead atoms. The second-order valence-corrected chi connectivity index (χ2v) is 5.04. The van der Waals surface area contributed by atoms with Gasteiger partial charge in [0.15, 0.2) is 0 Å². The molecular formula is C12H17BrFN3O. The number of morpholine rings is 1. The zero-order valence-corrected chi connectivity index (χ0v) is 11.6. The molecule has 2 rings (SSSR count). The monoisotopic (exact) mass is 317 g/mol. The van der Waals surface area contributed by atoms with E-state index in [1.54, 1.807) is 6.07 Å². The van der Waals surface area contributed by atoms with E-state index in [1.165, 1.54) is 12.1 Å². The molecule has 1 heterocycles. The summed E-state index contributed by atoms with van der Waals surface area (Å²) in [6.07, 6.45) is 0. The van der Waals surface area contributed by atoms with Crippen molar-refractivity contribution < 1.29 is 9.13 Å². The summed E-state index contributed by atoms with van der Waals surface area (Å²) in [6, 6.07) is 4.63. The van der Waals surface area contributed by atoms with E-state index in [4.69, 9.17) is 10.5 Å². The number of halogens is 2. The fraction of sp³-hybridized carbons (Fsp3) is 0.500. The van der Waals surface area contributed by atoms with Gasteiger partial charge in [-0.2, -0.15) is 0 Å². The summed E-state index contributed by atoms with van der Waals surface area (Å²) in [4.78, 5) is 0. The van der Waals surface area contributed by atoms with E-state index in [0.717, 1.165) is 36.3 Å². The van der Waals surface area contributed by atoms with Crippen LogP contribution in [0.2, 0.25) is 0 Å². The van der Waals surface area contributed by atoms with E-state index in [0.29, 0.717) is 6.54 Å². The molecule has 0 aliphatic carbocycles. The average Bonchev–Trinajstić information content (AvgIpc) is 2.38. The van der Waals surface area contributed by atoms with Crippen molar-refractivity contribution in [1.82, 2.24) is 10.4 Å². The van der Waals surface area contributed by atoms with Gasteiger partial charge in [-0.05, 0) is 17.7 Å². The summed E-state index contributed by atoms with van der Waals surface area (Å²) in [6.45, 7) is 3.54. The van der Waals surface area contributed by atoms with Gasteiger partial charge in [0.25, 0.3) is 0 Å². The molecule has 6 heteroatoms. The number of nitrogens with zero attached hydrogens (tertiary/aromatic N) is 1. The average molecular weight is 318 g/mol. The number of hydrazine groups is 1. The first-order chi connectivity index (χ1) is 8.70. The highest BCUT2D eigenvalue weighted by Crippen LogP contribution is 2.24. The van der Waals surface area contributed by atoms with E-state index >= 15 is 0 Å². The molecule has 1 fully saturated rings. The molecule has 0 radical (unpaired) electrons. The number of nitrogens with two attached hydrogens (primary N) is 1. The van der Waals surface area contributed by atoms with Crippen LogP contribution in [-0.4, -0.2) is 37.9 Å². The maximum atomic E-state index is 13.1. The van der Waals surface area contributed by atoms with Crippen molar-refractivity contribution in [1.29, 1.82) is 0 Å². The molecule has 0 saturated carbocycles. The van der Waals surface area contributed by atoms with Crippen molar-refractivity contribution in [3.63, 3.8) is 0 Å². The second kappa shape index (κ2) is 6.58. The second-order valence-electron chi connectivity index (χ2n) is 4.18. The fourth-order valence-corrected chi connectivity index (χ4v) is 2.57. The lowest BCUT2D eigenvalue weighted by Crippen LogP contribution is -2.48. The maximum Gasteiger partial charge on any atom is 0.124 e. The smallest absolute Gasteiger partial charge is 0.124 e. The molecule has 1 aromatic carbocycles. The number of nitrogens with one attached hydrogen (secondary N) is 1. The minimum absolute atomic E-state index is 0.0296. The number of hydrogen-bond acceptors (Lipinski definition) is 4. The van der Waals surface area contributed by atoms with Gasteiger partial charge in [0.05, 0.1) is 19.3 Å². The molecule has 1 aliphatic rings. The van der Waals surface area contributed by atoms with Crippen LogP contribution in [0, 0.1) is 5.82 Å². The third-order valence-corrected chi connectivity index (χ3v) is 3.61. The lowest BCUT2D eigenvalue weighted by atomic mass is 10.1. The summed E-state index contributed by atoms with van der Waals surface area (Å²) in [5.74, 6) is -0.257. The molecule has 1 saturated heterocycles. The van der Waals surface area contributed by atoms with Crippen molar-refractivity contribution >= 4 is 15.9 Å². The standard InChI is InChI=1S/C12H17BrFN3O/c13-11-7-9(14)1-2-10(11)12(8-15)16-17-3-5-18-6-4-17/h1-2,7,12,16H,3-6,8,15H2. The molecule has 0 aromatic heterocycles. The third-order valence-electron chi connectivity index (χ3n) is 2.92. The molecule has 4 nitrogen and oxygen atoms in total. The highest BCUT2D eigenvalue weighted by atomic mass is 79.9. The molecule has 1 aliphatic heterocycles. The lowest BCUT2D eigenvalue weighted by molar-refractivity contribution is 0.00399. The Morgan fingerprint density at radius 2 is 2.17 bits per heavy atom. The SMILES string of the molecule is NCC(NN1CCOCC1)c1ccc(F)cc1Br. The Morgan fingerprint density at radius 3 is 2.78 bits per heavy atom. The largest absolute Gasteiger partial charge is 0.379 e. The van der Waals surface area contributed by atoms with Gasteiger partial charge in [-0.1, -0.05) is 22.0 Å². The molecule has 0 spiro atoms. The molecular weight excluding hydrogens is 301 g/mol. The Hall–Kier alpha value is -0.530. The predicted molar refractivity (Wildman–Crippen MR) is 71.4 cm³/mol. The molecule has 100 valence electrons. The topological polar surface area (TPSA) is 50.5 Å². The molecule has 1 unspecified atom stereocenters. The van der Waals surface area contributed by atoms with Gasteiger partial charge in [0, 0.05) is 24.1 Å². The normalized spacial score (nSPS) is 18.8. The Kier molecular flexibility index (Phi) is 5.08. The molecule has 18 heavy (non-hydrogen) atoms. The number of hydrogen-bond donors (Lipinski definition) is 2. The van der Waals surface area contributed by atoms with Crippen molar-refractivity contribution in [2.45, 2.75) is 6.04 Å². The van der Waals surface area contributed by atoms with E-state index < -0.39 is 0 Å². The Labute approximate surface area is 114 Å². The molecule has 0 amide bonds. The zero-order chi connectivity index (χ0) is 13.0. The van der Waals surface area contributed by atoms with Crippen LogP contribution in [0.3, 0.4) is 0 Å². The van der Waals surface area contributed by atoms with Crippen LogP contribution >= 0.6 is 15.9 Å². The van der Waals surface area contributed by atoms with Gasteiger partial charge < -0.3 is 10.5 Å². The zero-order valence-electron chi connectivity index (χ0n) is 10.0. The lowest BCUT2D eigenvalue weighted by Gasteiger charge is -2.31. The highest BCUT2D eigenvalue weighted by Gasteiger charge is 2.18. The maximum absolute atomic E-state index is 13.1. The Balaban J connectivity index is 2.07. The Bertz CT molecular complexity index is 399. The number of benzene rings is 1. The van der Waals surface area contributed by atoms with Gasteiger partial charge in [-0.25, -0.2) is 14.8 Å².